The Morgan fingerprint density at radius 2 is 1.74 bits per heavy atom. The number of phosphoric acid groups is 1. The lowest BCUT2D eigenvalue weighted by molar-refractivity contribution is 0.127. The normalized spacial score (nSPS) is 14.0. The maximum absolute atomic E-state index is 11.4. The summed E-state index contributed by atoms with van der Waals surface area (Å²) >= 11 is 0. The largest absolute Gasteiger partial charge is 0.491 e. The van der Waals surface area contributed by atoms with E-state index in [0.717, 1.165) is 19.3 Å². The van der Waals surface area contributed by atoms with E-state index in [9.17, 15) is 9.46 Å². The minimum Gasteiger partial charge on any atom is -0.491 e. The Labute approximate surface area is 114 Å². The Kier molecular flexibility index (Phi) is 7.75. The third-order valence-corrected chi connectivity index (χ3v) is 3.37. The Morgan fingerprint density at radius 3 is 2.42 bits per heavy atom. The van der Waals surface area contributed by atoms with E-state index in [-0.39, 0.29) is 19.8 Å². The van der Waals surface area contributed by atoms with E-state index < -0.39 is 7.82 Å². The maximum atomic E-state index is 11.4. The summed E-state index contributed by atoms with van der Waals surface area (Å²) in [4.78, 5) is 9.37. The van der Waals surface area contributed by atoms with Crippen LogP contribution in [-0.2, 0) is 13.6 Å². The van der Waals surface area contributed by atoms with Crippen LogP contribution >= 0.6 is 7.82 Å². The third kappa shape index (κ3) is 8.01. The molecule has 1 aromatic rings. The van der Waals surface area contributed by atoms with Crippen LogP contribution in [0.5, 0.6) is 5.75 Å². The number of unbranched alkanes of at least 4 members (excludes halogenated alkanes) is 2. The first-order valence-corrected chi connectivity index (χ1v) is 7.93. The molecule has 0 fully saturated rings. The van der Waals surface area contributed by atoms with Crippen molar-refractivity contribution < 1.29 is 23.2 Å². The number of ether oxygens (including phenoxy) is 1. The van der Waals surface area contributed by atoms with Gasteiger partial charge in [-0.25, -0.2) is 4.57 Å². The number of phosphoric ester groups is 1. The highest BCUT2D eigenvalue weighted by atomic mass is 31.2. The molecule has 1 unspecified atom stereocenters. The van der Waals surface area contributed by atoms with Crippen molar-refractivity contribution in [1.82, 2.24) is 0 Å². The molecule has 0 saturated heterocycles. The van der Waals surface area contributed by atoms with Gasteiger partial charge in [0.2, 0.25) is 0 Å². The van der Waals surface area contributed by atoms with E-state index >= 15 is 0 Å². The molecule has 0 heterocycles. The molecule has 0 aliphatic carbocycles. The van der Waals surface area contributed by atoms with Crippen molar-refractivity contribution in [3.8, 4) is 5.75 Å². The smallest absolute Gasteiger partial charge is 0.472 e. The zero-order valence-electron chi connectivity index (χ0n) is 11.2. The molecule has 0 radical (unpaired) electrons. The molecule has 6 heteroatoms. The molecule has 5 nitrogen and oxygen atoms in total. The van der Waals surface area contributed by atoms with Crippen LogP contribution in [0.4, 0.5) is 0 Å². The second kappa shape index (κ2) is 9.10. The molecular weight excluding hydrogens is 267 g/mol. The van der Waals surface area contributed by atoms with Crippen LogP contribution in [0.2, 0.25) is 0 Å². The highest BCUT2D eigenvalue weighted by molar-refractivity contribution is 7.47. The lowest BCUT2D eigenvalue weighted by Crippen LogP contribution is -2.07. The topological polar surface area (TPSA) is 65.0 Å². The molecule has 1 aromatic carbocycles. The maximum Gasteiger partial charge on any atom is 0.472 e. The van der Waals surface area contributed by atoms with Gasteiger partial charge < -0.3 is 9.63 Å². The second-order valence-electron chi connectivity index (χ2n) is 4.00. The molecule has 0 aliphatic heterocycles. The van der Waals surface area contributed by atoms with Gasteiger partial charge in [0.05, 0.1) is 13.2 Å². The Balaban J connectivity index is 2.12. The summed E-state index contributed by atoms with van der Waals surface area (Å²) in [6, 6.07) is 9.20. The van der Waals surface area contributed by atoms with Gasteiger partial charge in [0.25, 0.3) is 0 Å². The van der Waals surface area contributed by atoms with Gasteiger partial charge in [0.1, 0.15) is 12.4 Å². The molecular formula is C13H21O5P. The van der Waals surface area contributed by atoms with Crippen LogP contribution in [0.1, 0.15) is 26.2 Å². The van der Waals surface area contributed by atoms with Gasteiger partial charge in [-0.3, -0.25) is 9.05 Å². The minimum absolute atomic E-state index is 0.0104. The highest BCUT2D eigenvalue weighted by Gasteiger charge is 2.20. The summed E-state index contributed by atoms with van der Waals surface area (Å²) in [7, 11) is -3.93. The first-order chi connectivity index (χ1) is 9.14. The Hall–Kier alpha value is -0.870. The van der Waals surface area contributed by atoms with Crippen molar-refractivity contribution in [3.05, 3.63) is 30.3 Å². The van der Waals surface area contributed by atoms with Crippen molar-refractivity contribution in [3.63, 3.8) is 0 Å². The molecule has 0 saturated carbocycles. The van der Waals surface area contributed by atoms with E-state index in [2.05, 4.69) is 6.92 Å². The second-order valence-corrected chi connectivity index (χ2v) is 5.46. The fourth-order valence-electron chi connectivity index (χ4n) is 1.40. The van der Waals surface area contributed by atoms with Crippen molar-refractivity contribution in [2.45, 2.75) is 26.2 Å². The minimum atomic E-state index is -3.93. The summed E-state index contributed by atoms with van der Waals surface area (Å²) < 4.78 is 26.4. The zero-order chi connectivity index (χ0) is 14.0. The van der Waals surface area contributed by atoms with Crippen molar-refractivity contribution >= 4 is 7.82 Å². The lowest BCUT2D eigenvalue weighted by Gasteiger charge is -2.12. The Morgan fingerprint density at radius 1 is 1.05 bits per heavy atom. The van der Waals surface area contributed by atoms with Gasteiger partial charge in [-0.15, -0.1) is 0 Å². The summed E-state index contributed by atoms with van der Waals surface area (Å²) in [5, 5.41) is 0. The van der Waals surface area contributed by atoms with Crippen molar-refractivity contribution in [1.29, 1.82) is 0 Å². The van der Waals surface area contributed by atoms with Crippen LogP contribution in [0, 0.1) is 0 Å². The van der Waals surface area contributed by atoms with Crippen LogP contribution in [0.25, 0.3) is 0 Å². The molecule has 0 bridgehead atoms. The number of hydrogen-bond acceptors (Lipinski definition) is 4. The molecule has 0 spiro atoms. The summed E-state index contributed by atoms with van der Waals surface area (Å²) in [6.45, 7) is 2.50. The molecule has 1 N–H and O–H groups in total. The quantitative estimate of drug-likeness (QED) is 0.528. The van der Waals surface area contributed by atoms with E-state index in [1.165, 1.54) is 0 Å². The molecule has 0 aliphatic rings. The molecule has 1 rings (SSSR count). The van der Waals surface area contributed by atoms with Crippen LogP contribution in [-0.4, -0.2) is 24.7 Å². The van der Waals surface area contributed by atoms with Gasteiger partial charge >= 0.3 is 7.82 Å². The fraction of sp³-hybridized carbons (Fsp3) is 0.538. The van der Waals surface area contributed by atoms with Gasteiger partial charge in [0, 0.05) is 0 Å². The summed E-state index contributed by atoms with van der Waals surface area (Å²) in [6.07, 6.45) is 2.76. The molecule has 1 atom stereocenters. The predicted molar refractivity (Wildman–Crippen MR) is 73.2 cm³/mol. The average molecular weight is 288 g/mol. The first-order valence-electron chi connectivity index (χ1n) is 6.44. The highest BCUT2D eigenvalue weighted by Crippen LogP contribution is 2.43. The molecule has 108 valence electrons. The van der Waals surface area contributed by atoms with E-state index in [1.54, 1.807) is 12.1 Å². The standard InChI is InChI=1S/C13H21O5P/c1-2-3-7-10-17-19(14,15)18-12-11-16-13-8-5-4-6-9-13/h4-6,8-9H,2-3,7,10-12H2,1H3,(H,14,15). The van der Waals surface area contributed by atoms with Crippen LogP contribution in [0.3, 0.4) is 0 Å². The van der Waals surface area contributed by atoms with E-state index in [1.807, 2.05) is 18.2 Å². The molecule has 19 heavy (non-hydrogen) atoms. The van der Waals surface area contributed by atoms with Crippen LogP contribution < -0.4 is 4.74 Å². The van der Waals surface area contributed by atoms with Gasteiger partial charge in [-0.05, 0) is 18.6 Å². The first kappa shape index (κ1) is 16.2. The Bertz CT molecular complexity index is 382. The van der Waals surface area contributed by atoms with Gasteiger partial charge in [-0.1, -0.05) is 38.0 Å². The van der Waals surface area contributed by atoms with E-state index in [0.29, 0.717) is 5.75 Å². The number of hydrogen-bond donors (Lipinski definition) is 1. The molecule has 0 amide bonds. The van der Waals surface area contributed by atoms with Gasteiger partial charge in [0.15, 0.2) is 0 Å². The summed E-state index contributed by atoms with van der Waals surface area (Å²) in [5.74, 6) is 0.697. The lowest BCUT2D eigenvalue weighted by atomic mass is 10.3. The van der Waals surface area contributed by atoms with Crippen molar-refractivity contribution in [2.75, 3.05) is 19.8 Å². The zero-order valence-corrected chi connectivity index (χ0v) is 12.1. The predicted octanol–water partition coefficient (Wildman–Crippen LogP) is 3.39. The van der Waals surface area contributed by atoms with Crippen molar-refractivity contribution in [2.24, 2.45) is 0 Å². The fourth-order valence-corrected chi connectivity index (χ4v) is 2.14. The van der Waals surface area contributed by atoms with Gasteiger partial charge in [-0.2, -0.15) is 0 Å². The van der Waals surface area contributed by atoms with Crippen LogP contribution in [0.15, 0.2) is 30.3 Å². The summed E-state index contributed by atoms with van der Waals surface area (Å²) in [5.41, 5.74) is 0. The number of benzene rings is 1. The monoisotopic (exact) mass is 288 g/mol. The molecule has 0 aromatic heterocycles. The third-order valence-electron chi connectivity index (χ3n) is 2.35. The SMILES string of the molecule is CCCCCOP(=O)(O)OCCOc1ccccc1. The van der Waals surface area contributed by atoms with E-state index in [4.69, 9.17) is 13.8 Å². The number of rotatable bonds is 10. The average Bonchev–Trinajstić information content (AvgIpc) is 2.41. The number of para-hydroxylation sites is 1.